The quantitative estimate of drug-likeness (QED) is 0.658. The number of hydrogen-bond donors (Lipinski definition) is 0. The van der Waals surface area contributed by atoms with E-state index in [4.69, 9.17) is 9.47 Å². The molecule has 3 aromatic heterocycles. The van der Waals surface area contributed by atoms with Crippen LogP contribution in [0.1, 0.15) is 40.2 Å². The van der Waals surface area contributed by atoms with Crippen LogP contribution >= 0.6 is 11.3 Å². The highest BCUT2D eigenvalue weighted by Gasteiger charge is 2.37. The third-order valence-corrected chi connectivity index (χ3v) is 6.49. The number of thiophene rings is 1. The van der Waals surface area contributed by atoms with E-state index in [2.05, 4.69) is 21.5 Å². The number of amides is 1. The van der Waals surface area contributed by atoms with Crippen LogP contribution < -0.4 is 0 Å². The second-order valence-electron chi connectivity index (χ2n) is 7.60. The molecule has 1 amide bonds. The zero-order valence-electron chi connectivity index (χ0n) is 16.4. The van der Waals surface area contributed by atoms with Gasteiger partial charge < -0.3 is 14.4 Å². The molecule has 7 nitrogen and oxygen atoms in total. The highest BCUT2D eigenvalue weighted by Crippen LogP contribution is 2.28. The molecule has 0 aliphatic carbocycles. The minimum absolute atomic E-state index is 0.0139. The van der Waals surface area contributed by atoms with Crippen molar-refractivity contribution in [2.24, 2.45) is 0 Å². The lowest BCUT2D eigenvalue weighted by atomic mass is 9.99. The molecule has 8 heteroatoms. The Kier molecular flexibility index (Phi) is 5.07. The summed E-state index contributed by atoms with van der Waals surface area (Å²) in [6.45, 7) is 4.49. The van der Waals surface area contributed by atoms with Crippen molar-refractivity contribution in [3.05, 3.63) is 45.9 Å². The van der Waals surface area contributed by atoms with Crippen LogP contribution in [0.15, 0.2) is 29.8 Å². The van der Waals surface area contributed by atoms with Gasteiger partial charge in [-0.3, -0.25) is 4.79 Å². The highest BCUT2D eigenvalue weighted by atomic mass is 32.1. The molecular weight excluding hydrogens is 388 g/mol. The number of piperidine rings is 1. The molecule has 0 saturated carbocycles. The SMILES string of the molecule is Cc1cc(C(=O)N2CCCCC2C2OCCO2)c2cnn(Cc3cccs3)c2n1. The normalized spacial score (nSPS) is 20.6. The lowest BCUT2D eigenvalue weighted by Gasteiger charge is -2.38. The number of aromatic nitrogens is 3. The van der Waals surface area contributed by atoms with E-state index in [1.54, 1.807) is 17.5 Å². The molecule has 0 spiro atoms. The van der Waals surface area contributed by atoms with Crippen LogP contribution in [0.25, 0.3) is 11.0 Å². The number of fused-ring (bicyclic) bond motifs is 1. The number of pyridine rings is 1. The van der Waals surface area contributed by atoms with E-state index < -0.39 is 0 Å². The van der Waals surface area contributed by atoms with Crippen molar-refractivity contribution in [3.8, 4) is 0 Å². The van der Waals surface area contributed by atoms with E-state index in [1.807, 2.05) is 28.6 Å². The Morgan fingerprint density at radius 2 is 2.17 bits per heavy atom. The molecule has 2 fully saturated rings. The predicted molar refractivity (Wildman–Crippen MR) is 110 cm³/mol. The van der Waals surface area contributed by atoms with Crippen LogP contribution in [-0.2, 0) is 16.0 Å². The Balaban J connectivity index is 1.50. The smallest absolute Gasteiger partial charge is 0.255 e. The number of likely N-dealkylation sites (tertiary alicyclic amines) is 1. The second kappa shape index (κ2) is 7.85. The fourth-order valence-electron chi connectivity index (χ4n) is 4.26. The minimum Gasteiger partial charge on any atom is -0.348 e. The number of rotatable bonds is 4. The van der Waals surface area contributed by atoms with E-state index in [0.29, 0.717) is 25.3 Å². The van der Waals surface area contributed by atoms with Crippen molar-refractivity contribution >= 4 is 28.3 Å². The van der Waals surface area contributed by atoms with E-state index in [0.717, 1.165) is 42.5 Å². The van der Waals surface area contributed by atoms with Gasteiger partial charge in [0.05, 0.1) is 42.9 Å². The molecule has 2 aliphatic rings. The highest BCUT2D eigenvalue weighted by molar-refractivity contribution is 7.09. The van der Waals surface area contributed by atoms with Crippen LogP contribution in [-0.4, -0.2) is 57.7 Å². The zero-order chi connectivity index (χ0) is 19.8. The van der Waals surface area contributed by atoms with Crippen molar-refractivity contribution in [1.29, 1.82) is 0 Å². The molecule has 0 N–H and O–H groups in total. The van der Waals surface area contributed by atoms with E-state index in [9.17, 15) is 4.79 Å². The number of nitrogens with zero attached hydrogens (tertiary/aromatic N) is 4. The molecule has 152 valence electrons. The molecule has 1 atom stereocenters. The van der Waals surface area contributed by atoms with Crippen molar-refractivity contribution in [2.45, 2.75) is 45.1 Å². The number of hydrogen-bond acceptors (Lipinski definition) is 6. The zero-order valence-corrected chi connectivity index (χ0v) is 17.2. The van der Waals surface area contributed by atoms with E-state index >= 15 is 0 Å². The van der Waals surface area contributed by atoms with Crippen molar-refractivity contribution in [1.82, 2.24) is 19.7 Å². The molecule has 1 unspecified atom stereocenters. The lowest BCUT2D eigenvalue weighted by molar-refractivity contribution is -0.100. The Hall–Kier alpha value is -2.29. The first-order valence-corrected chi connectivity index (χ1v) is 11.0. The second-order valence-corrected chi connectivity index (χ2v) is 8.63. The maximum absolute atomic E-state index is 13.6. The maximum atomic E-state index is 13.6. The van der Waals surface area contributed by atoms with Gasteiger partial charge in [-0.25, -0.2) is 9.67 Å². The Labute approximate surface area is 173 Å². The molecule has 3 aromatic rings. The van der Waals surface area contributed by atoms with Crippen LogP contribution in [0, 0.1) is 6.92 Å². The van der Waals surface area contributed by atoms with Gasteiger partial charge in [-0.05, 0) is 43.7 Å². The topological polar surface area (TPSA) is 69.5 Å². The maximum Gasteiger partial charge on any atom is 0.255 e. The summed E-state index contributed by atoms with van der Waals surface area (Å²) in [5.74, 6) is 0.0139. The third-order valence-electron chi connectivity index (χ3n) is 5.63. The predicted octanol–water partition coefficient (Wildman–Crippen LogP) is 3.22. The summed E-state index contributed by atoms with van der Waals surface area (Å²) in [4.78, 5) is 21.4. The van der Waals surface area contributed by atoms with Gasteiger partial charge in [0, 0.05) is 17.1 Å². The van der Waals surface area contributed by atoms with Gasteiger partial charge in [-0.1, -0.05) is 6.07 Å². The number of ether oxygens (including phenoxy) is 2. The summed E-state index contributed by atoms with van der Waals surface area (Å²) < 4.78 is 13.4. The largest absolute Gasteiger partial charge is 0.348 e. The number of carbonyl (C=O) groups excluding carboxylic acids is 1. The summed E-state index contributed by atoms with van der Waals surface area (Å²) in [6, 6.07) is 5.95. The molecule has 0 bridgehead atoms. The molecule has 0 aromatic carbocycles. The van der Waals surface area contributed by atoms with Crippen LogP contribution in [0.5, 0.6) is 0 Å². The van der Waals surface area contributed by atoms with Crippen LogP contribution in [0.3, 0.4) is 0 Å². The van der Waals surface area contributed by atoms with Gasteiger partial charge in [0.15, 0.2) is 11.9 Å². The fourth-order valence-corrected chi connectivity index (χ4v) is 4.95. The minimum atomic E-state index is -0.320. The van der Waals surface area contributed by atoms with Gasteiger partial charge >= 0.3 is 0 Å². The molecule has 2 aliphatic heterocycles. The first-order chi connectivity index (χ1) is 14.2. The average molecular weight is 413 g/mol. The Bertz CT molecular complexity index is 1010. The van der Waals surface area contributed by atoms with Crippen molar-refractivity contribution in [2.75, 3.05) is 19.8 Å². The fraction of sp³-hybridized carbons (Fsp3) is 0.476. The van der Waals surface area contributed by atoms with Gasteiger partial charge in [-0.15, -0.1) is 11.3 Å². The summed E-state index contributed by atoms with van der Waals surface area (Å²) in [5, 5.41) is 7.39. The number of carbonyl (C=O) groups is 1. The van der Waals surface area contributed by atoms with Crippen molar-refractivity contribution in [3.63, 3.8) is 0 Å². The molecule has 2 saturated heterocycles. The summed E-state index contributed by atoms with van der Waals surface area (Å²) in [7, 11) is 0. The molecule has 5 rings (SSSR count). The monoisotopic (exact) mass is 412 g/mol. The summed E-state index contributed by atoms with van der Waals surface area (Å²) in [5.41, 5.74) is 2.23. The molecule has 5 heterocycles. The van der Waals surface area contributed by atoms with Crippen molar-refractivity contribution < 1.29 is 14.3 Å². The Morgan fingerprint density at radius 3 is 2.97 bits per heavy atom. The van der Waals surface area contributed by atoms with Gasteiger partial charge in [-0.2, -0.15) is 5.10 Å². The summed E-state index contributed by atoms with van der Waals surface area (Å²) in [6.07, 6.45) is 4.44. The molecule has 0 radical (unpaired) electrons. The van der Waals surface area contributed by atoms with Gasteiger partial charge in [0.25, 0.3) is 5.91 Å². The van der Waals surface area contributed by atoms with E-state index in [-0.39, 0.29) is 18.2 Å². The van der Waals surface area contributed by atoms with Gasteiger partial charge in [0.1, 0.15) is 0 Å². The van der Waals surface area contributed by atoms with Crippen LogP contribution in [0.4, 0.5) is 0 Å². The first kappa shape index (κ1) is 18.7. The average Bonchev–Trinajstić information content (AvgIpc) is 3.50. The third kappa shape index (κ3) is 3.56. The Morgan fingerprint density at radius 1 is 1.31 bits per heavy atom. The summed E-state index contributed by atoms with van der Waals surface area (Å²) >= 11 is 1.69. The van der Waals surface area contributed by atoms with E-state index in [1.165, 1.54) is 4.88 Å². The van der Waals surface area contributed by atoms with Gasteiger partial charge in [0.2, 0.25) is 0 Å². The molecule has 29 heavy (non-hydrogen) atoms. The van der Waals surface area contributed by atoms with Crippen LogP contribution in [0.2, 0.25) is 0 Å². The first-order valence-electron chi connectivity index (χ1n) is 10.1. The lowest BCUT2D eigenvalue weighted by Crippen LogP contribution is -2.50. The number of aryl methyl sites for hydroxylation is 1. The standard InChI is InChI=1S/C21H24N4O3S/c1-14-11-16(17-12-22-25(19(17)23-14)13-15-5-4-10-29-15)20(26)24-7-3-2-6-18(24)21-27-8-9-28-21/h4-5,10-12,18,21H,2-3,6-9,13H2,1H3. The molecular formula is C21H24N4O3S.